The van der Waals surface area contributed by atoms with Gasteiger partial charge in [-0.2, -0.15) is 0 Å². The third kappa shape index (κ3) is 2.76. The zero-order chi connectivity index (χ0) is 15.0. The average molecular weight is 281 g/mol. The van der Waals surface area contributed by atoms with Crippen LogP contribution in [0.3, 0.4) is 0 Å². The number of halogens is 1. The lowest BCUT2D eigenvalue weighted by Gasteiger charge is -2.27. The van der Waals surface area contributed by atoms with E-state index in [9.17, 15) is 14.1 Å². The summed E-state index contributed by atoms with van der Waals surface area (Å²) in [5.74, 6) is -0.479. The molecule has 108 valence electrons. The van der Waals surface area contributed by atoms with Gasteiger partial charge in [-0.1, -0.05) is 0 Å². The lowest BCUT2D eigenvalue weighted by molar-refractivity contribution is 0.0117. The molecule has 20 heavy (non-hydrogen) atoms. The molecule has 1 amide bonds. The highest BCUT2D eigenvalue weighted by Crippen LogP contribution is 2.50. The Labute approximate surface area is 115 Å². The molecule has 2 rings (SSSR count). The van der Waals surface area contributed by atoms with Gasteiger partial charge in [-0.25, -0.2) is 9.18 Å². The monoisotopic (exact) mass is 281 g/mol. The number of nitroso groups, excluding NO2 is 1. The van der Waals surface area contributed by atoms with Crippen LogP contribution in [0.5, 0.6) is 0 Å². The number of hydrogen-bond donors (Lipinski definition) is 0. The predicted molar refractivity (Wildman–Crippen MR) is 69.0 cm³/mol. The fourth-order valence-corrected chi connectivity index (χ4v) is 1.94. The number of carbonyl (C=O) groups excluding carboxylic acids is 1. The van der Waals surface area contributed by atoms with Crippen molar-refractivity contribution in [2.24, 2.45) is 5.29 Å². The van der Waals surface area contributed by atoms with Gasteiger partial charge in [-0.05, 0) is 45.7 Å². The van der Waals surface area contributed by atoms with Crippen molar-refractivity contribution in [3.8, 4) is 0 Å². The summed E-state index contributed by atoms with van der Waals surface area (Å²) in [7, 11) is 0. The van der Waals surface area contributed by atoms with E-state index in [1.54, 1.807) is 20.8 Å². The van der Waals surface area contributed by atoms with Crippen LogP contribution in [0.25, 0.3) is 0 Å². The third-order valence-corrected chi connectivity index (χ3v) is 2.98. The molecule has 1 aliphatic rings. The highest BCUT2D eigenvalue weighted by Gasteiger charge is 2.55. The molecule has 0 unspecified atom stereocenters. The van der Waals surface area contributed by atoms with Gasteiger partial charge in [-0.15, -0.1) is 9.92 Å². The molecular formula is C13H16FN3O3. The minimum atomic E-state index is -0.905. The summed E-state index contributed by atoms with van der Waals surface area (Å²) in [4.78, 5) is 27.0. The normalized spacial score (nSPS) is 16.4. The first-order chi connectivity index (χ1) is 9.28. The van der Waals surface area contributed by atoms with Gasteiger partial charge < -0.3 is 4.74 Å². The van der Waals surface area contributed by atoms with E-state index in [0.717, 1.165) is 11.2 Å². The van der Waals surface area contributed by atoms with Crippen LogP contribution >= 0.6 is 0 Å². The van der Waals surface area contributed by atoms with Gasteiger partial charge in [0.05, 0.1) is 17.2 Å². The SMILES string of the molecule is CC(C)(C)OC(=O)N(N=O)C1(c2ccc(F)cn2)CC1. The molecule has 0 atom stereocenters. The van der Waals surface area contributed by atoms with E-state index in [1.165, 1.54) is 12.1 Å². The minimum absolute atomic E-state index is 0.435. The van der Waals surface area contributed by atoms with Crippen molar-refractivity contribution in [3.05, 3.63) is 34.7 Å². The third-order valence-electron chi connectivity index (χ3n) is 2.98. The van der Waals surface area contributed by atoms with E-state index in [1.807, 2.05) is 0 Å². The van der Waals surface area contributed by atoms with Crippen molar-refractivity contribution in [2.75, 3.05) is 0 Å². The fourth-order valence-electron chi connectivity index (χ4n) is 1.94. The summed E-state index contributed by atoms with van der Waals surface area (Å²) < 4.78 is 18.1. The first kappa shape index (κ1) is 14.4. The van der Waals surface area contributed by atoms with Gasteiger partial charge >= 0.3 is 6.09 Å². The summed E-state index contributed by atoms with van der Waals surface area (Å²) in [5.41, 5.74) is -1.20. The summed E-state index contributed by atoms with van der Waals surface area (Å²) in [6.45, 7) is 5.09. The summed E-state index contributed by atoms with van der Waals surface area (Å²) in [6, 6.07) is 2.69. The first-order valence-corrected chi connectivity index (χ1v) is 6.27. The number of ether oxygens (including phenoxy) is 1. The highest BCUT2D eigenvalue weighted by atomic mass is 19.1. The largest absolute Gasteiger partial charge is 0.442 e. The van der Waals surface area contributed by atoms with Gasteiger partial charge in [0.25, 0.3) is 0 Å². The zero-order valence-corrected chi connectivity index (χ0v) is 11.6. The topological polar surface area (TPSA) is 71.9 Å². The maximum atomic E-state index is 12.9. The number of rotatable bonds is 3. The fraction of sp³-hybridized carbons (Fsp3) is 0.538. The molecule has 1 aliphatic carbocycles. The Hall–Kier alpha value is -2.05. The van der Waals surface area contributed by atoms with Gasteiger partial charge in [0.15, 0.2) is 0 Å². The second-order valence-electron chi connectivity index (χ2n) is 5.77. The summed E-state index contributed by atoms with van der Waals surface area (Å²) in [6.07, 6.45) is 1.30. The maximum absolute atomic E-state index is 12.9. The van der Waals surface area contributed by atoms with Crippen molar-refractivity contribution in [3.63, 3.8) is 0 Å². The molecule has 0 aliphatic heterocycles. The molecule has 0 radical (unpaired) electrons. The molecule has 0 saturated heterocycles. The first-order valence-electron chi connectivity index (χ1n) is 6.27. The zero-order valence-electron chi connectivity index (χ0n) is 11.6. The summed E-state index contributed by atoms with van der Waals surface area (Å²) in [5, 5.41) is 3.54. The van der Waals surface area contributed by atoms with Gasteiger partial charge in [0.1, 0.15) is 17.0 Å². The predicted octanol–water partition coefficient (Wildman–Crippen LogP) is 3.13. The van der Waals surface area contributed by atoms with Gasteiger partial charge in [-0.3, -0.25) is 4.98 Å². The molecule has 1 saturated carbocycles. The summed E-state index contributed by atoms with van der Waals surface area (Å²) >= 11 is 0. The molecule has 6 nitrogen and oxygen atoms in total. The lowest BCUT2D eigenvalue weighted by Crippen LogP contribution is -2.40. The Morgan fingerprint density at radius 3 is 2.50 bits per heavy atom. The van der Waals surface area contributed by atoms with Crippen LogP contribution in [0.2, 0.25) is 0 Å². The molecule has 0 bridgehead atoms. The molecular weight excluding hydrogens is 265 g/mol. The molecule has 0 spiro atoms. The molecule has 1 heterocycles. The number of amides is 1. The van der Waals surface area contributed by atoms with E-state index in [4.69, 9.17) is 4.74 Å². The van der Waals surface area contributed by atoms with Crippen LogP contribution in [0.15, 0.2) is 23.6 Å². The van der Waals surface area contributed by atoms with E-state index >= 15 is 0 Å². The van der Waals surface area contributed by atoms with E-state index in [2.05, 4.69) is 10.3 Å². The molecule has 1 aromatic heterocycles. The van der Waals surface area contributed by atoms with E-state index < -0.39 is 23.1 Å². The second kappa shape index (κ2) is 4.81. The van der Waals surface area contributed by atoms with Crippen LogP contribution in [-0.4, -0.2) is 21.7 Å². The Morgan fingerprint density at radius 2 is 2.10 bits per heavy atom. The number of nitrogens with zero attached hydrogens (tertiary/aromatic N) is 3. The van der Waals surface area contributed by atoms with Gasteiger partial charge in [0, 0.05) is 0 Å². The lowest BCUT2D eigenvalue weighted by atomic mass is 10.1. The van der Waals surface area contributed by atoms with Gasteiger partial charge in [0.2, 0.25) is 0 Å². The van der Waals surface area contributed by atoms with E-state index in [0.29, 0.717) is 18.5 Å². The van der Waals surface area contributed by atoms with Crippen LogP contribution in [0.4, 0.5) is 9.18 Å². The second-order valence-corrected chi connectivity index (χ2v) is 5.77. The van der Waals surface area contributed by atoms with Crippen LogP contribution in [0.1, 0.15) is 39.3 Å². The number of hydrogen-bond acceptors (Lipinski definition) is 5. The molecule has 1 fully saturated rings. The molecule has 0 aromatic carbocycles. The van der Waals surface area contributed by atoms with Crippen molar-refractivity contribution in [1.82, 2.24) is 9.99 Å². The minimum Gasteiger partial charge on any atom is -0.442 e. The van der Waals surface area contributed by atoms with Crippen molar-refractivity contribution in [1.29, 1.82) is 0 Å². The standard InChI is InChI=1S/C13H16FN3O3/c1-12(2,3)20-11(18)17(16-19)13(6-7-13)10-5-4-9(14)8-15-10/h4-5,8H,6-7H2,1-3H3. The Kier molecular flexibility index (Phi) is 3.45. The van der Waals surface area contributed by atoms with E-state index in [-0.39, 0.29) is 0 Å². The number of pyridine rings is 1. The number of carbonyl (C=O) groups is 1. The molecule has 7 heteroatoms. The smallest absolute Gasteiger partial charge is 0.434 e. The van der Waals surface area contributed by atoms with Crippen LogP contribution in [0, 0.1) is 10.7 Å². The highest BCUT2D eigenvalue weighted by molar-refractivity contribution is 5.69. The Bertz CT molecular complexity index is 521. The van der Waals surface area contributed by atoms with Crippen molar-refractivity contribution < 1.29 is 13.9 Å². The molecule has 1 aromatic rings. The van der Waals surface area contributed by atoms with Crippen molar-refractivity contribution >= 4 is 6.09 Å². The average Bonchev–Trinajstić information content (AvgIpc) is 3.10. The van der Waals surface area contributed by atoms with Crippen molar-refractivity contribution in [2.45, 2.75) is 44.8 Å². The maximum Gasteiger partial charge on any atom is 0.434 e. The van der Waals surface area contributed by atoms with Crippen LogP contribution < -0.4 is 0 Å². The van der Waals surface area contributed by atoms with Crippen LogP contribution in [-0.2, 0) is 10.3 Å². The Morgan fingerprint density at radius 1 is 1.45 bits per heavy atom. The number of aromatic nitrogens is 1. The Balaban J connectivity index is 2.25. The quantitative estimate of drug-likeness (QED) is 0.630. The molecule has 0 N–H and O–H groups in total.